The van der Waals surface area contributed by atoms with Crippen molar-refractivity contribution in [3.8, 4) is 33.7 Å². The highest BCUT2D eigenvalue weighted by Crippen LogP contribution is 2.36. The van der Waals surface area contributed by atoms with Crippen LogP contribution in [0.25, 0.3) is 22.2 Å². The second kappa shape index (κ2) is 10.1. The van der Waals surface area contributed by atoms with Gasteiger partial charge in [-0.05, 0) is 29.8 Å². The molecule has 0 spiro atoms. The molecule has 0 radical (unpaired) electrons. The fraction of sp³-hybridized carbons (Fsp3) is 0.160. The summed E-state index contributed by atoms with van der Waals surface area (Å²) in [6, 6.07) is 19.8. The third-order valence-corrected chi connectivity index (χ3v) is 7.11. The van der Waals surface area contributed by atoms with E-state index in [0.717, 1.165) is 32.9 Å². The lowest BCUT2D eigenvalue weighted by Crippen LogP contribution is -2.04. The van der Waals surface area contributed by atoms with Gasteiger partial charge in [0.1, 0.15) is 16.5 Å². The van der Waals surface area contributed by atoms with Gasteiger partial charge in [-0.1, -0.05) is 42.1 Å². The van der Waals surface area contributed by atoms with E-state index in [1.807, 2.05) is 48.5 Å². The molecular weight excluding hydrogens is 468 g/mol. The highest BCUT2D eigenvalue weighted by molar-refractivity contribution is 7.98. The minimum Gasteiger partial charge on any atom is -0.497 e. The van der Waals surface area contributed by atoms with Crippen molar-refractivity contribution in [3.63, 3.8) is 0 Å². The second-order valence-electron chi connectivity index (χ2n) is 7.35. The van der Waals surface area contributed by atoms with E-state index in [9.17, 15) is 0 Å². The Hall–Kier alpha value is -3.56. The molecule has 3 heterocycles. The number of hydrogen-bond donors (Lipinski definition) is 0. The highest BCUT2D eigenvalue weighted by atomic mass is 32.2. The van der Waals surface area contributed by atoms with Crippen molar-refractivity contribution in [2.75, 3.05) is 14.2 Å². The molecule has 2 aromatic carbocycles. The normalized spacial score (nSPS) is 11.0. The summed E-state index contributed by atoms with van der Waals surface area (Å²) in [5, 5.41) is 12.6. The summed E-state index contributed by atoms with van der Waals surface area (Å²) in [6.07, 6.45) is 1.65. The Morgan fingerprint density at radius 2 is 1.88 bits per heavy atom. The molecule has 0 aliphatic rings. The van der Waals surface area contributed by atoms with Crippen LogP contribution in [0.2, 0.25) is 0 Å². The van der Waals surface area contributed by atoms with E-state index < -0.39 is 0 Å². The summed E-state index contributed by atoms with van der Waals surface area (Å²) in [6.45, 7) is 0.650. The predicted octanol–water partition coefficient (Wildman–Crippen LogP) is 6.02. The van der Waals surface area contributed by atoms with Crippen LogP contribution in [-0.2, 0) is 12.3 Å². The first-order valence-electron chi connectivity index (χ1n) is 10.6. The van der Waals surface area contributed by atoms with Gasteiger partial charge in [0.15, 0.2) is 10.9 Å². The summed E-state index contributed by atoms with van der Waals surface area (Å²) in [5.41, 5.74) is 3.08. The Kier molecular flexibility index (Phi) is 6.64. The van der Waals surface area contributed by atoms with Crippen molar-refractivity contribution >= 4 is 23.1 Å². The minimum absolute atomic E-state index is 0.650. The van der Waals surface area contributed by atoms with Crippen LogP contribution in [0.5, 0.6) is 11.5 Å². The average molecular weight is 491 g/mol. The molecule has 172 valence electrons. The van der Waals surface area contributed by atoms with E-state index in [1.54, 1.807) is 43.6 Å². The molecule has 0 bridgehead atoms. The maximum atomic E-state index is 5.60. The third kappa shape index (κ3) is 4.71. The Balaban J connectivity index is 1.37. The summed E-state index contributed by atoms with van der Waals surface area (Å²) >= 11 is 3.19. The molecule has 0 saturated carbocycles. The monoisotopic (exact) mass is 490 g/mol. The molecule has 0 atom stereocenters. The van der Waals surface area contributed by atoms with E-state index >= 15 is 0 Å². The molecule has 9 heteroatoms. The van der Waals surface area contributed by atoms with Crippen LogP contribution in [0.1, 0.15) is 11.3 Å². The van der Waals surface area contributed by atoms with Gasteiger partial charge in [-0.3, -0.25) is 4.57 Å². The predicted molar refractivity (Wildman–Crippen MR) is 133 cm³/mol. The van der Waals surface area contributed by atoms with Gasteiger partial charge in [0.05, 0.1) is 38.3 Å². The molecule has 5 aromatic rings. The van der Waals surface area contributed by atoms with Crippen molar-refractivity contribution in [1.29, 1.82) is 0 Å². The summed E-state index contributed by atoms with van der Waals surface area (Å²) < 4.78 is 18.5. The maximum absolute atomic E-state index is 5.60. The molecule has 0 unspecified atom stereocenters. The van der Waals surface area contributed by atoms with Gasteiger partial charge in [0.2, 0.25) is 5.82 Å². The van der Waals surface area contributed by atoms with Gasteiger partial charge >= 0.3 is 0 Å². The van der Waals surface area contributed by atoms with Crippen molar-refractivity contribution in [2.45, 2.75) is 17.5 Å². The number of furan rings is 1. The molecule has 0 aliphatic carbocycles. The van der Waals surface area contributed by atoms with Crippen LogP contribution in [0, 0.1) is 0 Å². The van der Waals surface area contributed by atoms with E-state index in [1.165, 1.54) is 5.56 Å². The number of aromatic nitrogens is 4. The van der Waals surface area contributed by atoms with Crippen molar-refractivity contribution in [1.82, 2.24) is 19.7 Å². The van der Waals surface area contributed by atoms with Gasteiger partial charge in [-0.15, -0.1) is 21.5 Å². The Morgan fingerprint density at radius 3 is 2.65 bits per heavy atom. The zero-order valence-corrected chi connectivity index (χ0v) is 20.3. The first-order chi connectivity index (χ1) is 16.7. The molecule has 7 nitrogen and oxygen atoms in total. The van der Waals surface area contributed by atoms with Crippen molar-refractivity contribution in [3.05, 3.63) is 83.6 Å². The van der Waals surface area contributed by atoms with Crippen LogP contribution in [0.3, 0.4) is 0 Å². The number of methoxy groups -OCH3 is 2. The van der Waals surface area contributed by atoms with Crippen molar-refractivity contribution in [2.24, 2.45) is 0 Å². The fourth-order valence-electron chi connectivity index (χ4n) is 3.50. The lowest BCUT2D eigenvalue weighted by atomic mass is 10.2. The van der Waals surface area contributed by atoms with E-state index in [4.69, 9.17) is 18.9 Å². The number of nitrogens with zero attached hydrogens (tertiary/aromatic N) is 4. The molecule has 34 heavy (non-hydrogen) atoms. The number of thiazole rings is 1. The number of thioether (sulfide) groups is 1. The smallest absolute Gasteiger partial charge is 0.200 e. The van der Waals surface area contributed by atoms with Crippen LogP contribution in [0.4, 0.5) is 0 Å². The van der Waals surface area contributed by atoms with E-state index in [2.05, 4.69) is 32.3 Å². The van der Waals surface area contributed by atoms with Crippen LogP contribution < -0.4 is 9.47 Å². The maximum Gasteiger partial charge on any atom is 0.200 e. The first-order valence-corrected chi connectivity index (χ1v) is 12.4. The van der Waals surface area contributed by atoms with Crippen LogP contribution >= 0.6 is 23.1 Å². The largest absolute Gasteiger partial charge is 0.497 e. The Labute approximate surface area is 205 Å². The molecule has 0 saturated heterocycles. The molecule has 0 aliphatic heterocycles. The molecule has 0 fully saturated rings. The zero-order valence-electron chi connectivity index (χ0n) is 18.7. The Bertz CT molecular complexity index is 1360. The van der Waals surface area contributed by atoms with Crippen LogP contribution in [-0.4, -0.2) is 34.0 Å². The van der Waals surface area contributed by atoms with Crippen LogP contribution in [0.15, 0.2) is 81.9 Å². The van der Waals surface area contributed by atoms with Gasteiger partial charge in [0.25, 0.3) is 0 Å². The minimum atomic E-state index is 0.650. The van der Waals surface area contributed by atoms with E-state index in [0.29, 0.717) is 23.9 Å². The lowest BCUT2D eigenvalue weighted by Gasteiger charge is -2.09. The number of ether oxygens (including phenoxy) is 2. The van der Waals surface area contributed by atoms with Crippen molar-refractivity contribution < 1.29 is 13.9 Å². The number of hydrogen-bond acceptors (Lipinski definition) is 8. The SMILES string of the molecule is COc1ccc(-c2nc(CSc3nnc(-c4ccco4)n3Cc3ccccc3)cs2)c(OC)c1. The van der Waals surface area contributed by atoms with Gasteiger partial charge < -0.3 is 13.9 Å². The average Bonchev–Trinajstić information content (AvgIpc) is 3.64. The van der Waals surface area contributed by atoms with E-state index in [-0.39, 0.29) is 0 Å². The molecule has 5 rings (SSSR count). The topological polar surface area (TPSA) is 75.2 Å². The summed E-state index contributed by atoms with van der Waals surface area (Å²) in [4.78, 5) is 4.83. The molecule has 0 N–H and O–H groups in total. The fourth-order valence-corrected chi connectivity index (χ4v) is 5.29. The molecule has 0 amide bonds. The second-order valence-corrected chi connectivity index (χ2v) is 9.15. The summed E-state index contributed by atoms with van der Waals surface area (Å²) in [5.74, 6) is 3.55. The standard InChI is InChI=1S/C25H22N4O3S2/c1-30-19-10-11-20(22(13-19)31-2)24-26-18(15-33-24)16-34-25-28-27-23(21-9-6-12-32-21)29(25)14-17-7-4-3-5-8-17/h3-13,15H,14,16H2,1-2H3. The molecular formula is C25H22N4O3S2. The molecule has 3 aromatic heterocycles. The Morgan fingerprint density at radius 1 is 1.00 bits per heavy atom. The number of rotatable bonds is 9. The first kappa shape index (κ1) is 22.2. The van der Waals surface area contributed by atoms with Gasteiger partial charge in [-0.2, -0.15) is 0 Å². The summed E-state index contributed by atoms with van der Waals surface area (Å²) in [7, 11) is 3.29. The quantitative estimate of drug-likeness (QED) is 0.234. The lowest BCUT2D eigenvalue weighted by molar-refractivity contribution is 0.395. The third-order valence-electron chi connectivity index (χ3n) is 5.18. The zero-order chi connectivity index (χ0) is 23.3. The van der Waals surface area contributed by atoms with Gasteiger partial charge in [0, 0.05) is 17.2 Å². The number of benzene rings is 2. The van der Waals surface area contributed by atoms with Gasteiger partial charge in [-0.25, -0.2) is 4.98 Å². The highest BCUT2D eigenvalue weighted by Gasteiger charge is 2.18.